The predicted octanol–water partition coefficient (Wildman–Crippen LogP) is 2.45. The molecule has 2 heterocycles. The van der Waals surface area contributed by atoms with Crippen LogP contribution >= 0.6 is 0 Å². The second-order valence-corrected chi connectivity index (χ2v) is 5.03. The number of aryl methyl sites for hydroxylation is 2. The number of fused-ring (bicyclic) bond motifs is 1. The number of H-pyrrole nitrogens is 1. The van der Waals surface area contributed by atoms with E-state index in [1.807, 2.05) is 17.8 Å². The van der Waals surface area contributed by atoms with Crippen molar-refractivity contribution in [2.24, 2.45) is 12.8 Å². The molecule has 0 bridgehead atoms. The van der Waals surface area contributed by atoms with E-state index in [-0.39, 0.29) is 6.04 Å². The number of aromatic nitrogens is 3. The summed E-state index contributed by atoms with van der Waals surface area (Å²) in [7, 11) is 1.99. The molecule has 1 unspecified atom stereocenters. The molecule has 0 radical (unpaired) electrons. The van der Waals surface area contributed by atoms with E-state index in [0.29, 0.717) is 0 Å². The van der Waals surface area contributed by atoms with Crippen molar-refractivity contribution in [1.29, 1.82) is 0 Å². The summed E-state index contributed by atoms with van der Waals surface area (Å²) in [5, 5.41) is 1.21. The molecule has 0 aliphatic rings. The third kappa shape index (κ3) is 2.15. The van der Waals surface area contributed by atoms with Gasteiger partial charge in [0.25, 0.3) is 0 Å². The molecule has 3 rings (SSSR count). The van der Waals surface area contributed by atoms with Gasteiger partial charge in [-0.25, -0.2) is 4.98 Å². The first kappa shape index (κ1) is 12.0. The second-order valence-electron chi connectivity index (χ2n) is 5.03. The maximum Gasteiger partial charge on any atom is 0.110 e. The topological polar surface area (TPSA) is 59.6 Å². The summed E-state index contributed by atoms with van der Waals surface area (Å²) < 4.78 is 2.01. The summed E-state index contributed by atoms with van der Waals surface area (Å²) in [6.45, 7) is 2.10. The highest BCUT2D eigenvalue weighted by atomic mass is 15.0. The number of para-hydroxylation sites is 1. The van der Waals surface area contributed by atoms with Crippen LogP contribution < -0.4 is 5.73 Å². The third-order valence-electron chi connectivity index (χ3n) is 3.61. The largest absolute Gasteiger partial charge is 0.357 e. The van der Waals surface area contributed by atoms with Crippen molar-refractivity contribution < 1.29 is 0 Å². The van der Waals surface area contributed by atoms with E-state index in [1.54, 1.807) is 6.20 Å². The zero-order valence-electron chi connectivity index (χ0n) is 11.2. The van der Waals surface area contributed by atoms with Gasteiger partial charge in [0.1, 0.15) is 5.82 Å². The summed E-state index contributed by atoms with van der Waals surface area (Å²) >= 11 is 0. The quantitative estimate of drug-likeness (QED) is 0.754. The van der Waals surface area contributed by atoms with E-state index >= 15 is 0 Å². The maximum absolute atomic E-state index is 6.28. The molecule has 0 aliphatic carbocycles. The average Bonchev–Trinajstić information content (AvgIpc) is 2.97. The smallest absolute Gasteiger partial charge is 0.110 e. The van der Waals surface area contributed by atoms with Crippen LogP contribution in [0.4, 0.5) is 0 Å². The first-order chi connectivity index (χ1) is 9.15. The second kappa shape index (κ2) is 4.55. The van der Waals surface area contributed by atoms with Gasteiger partial charge in [-0.15, -0.1) is 0 Å². The number of nitrogens with one attached hydrogen (secondary N) is 1. The number of nitrogens with zero attached hydrogens (tertiary/aromatic N) is 2. The van der Waals surface area contributed by atoms with E-state index < -0.39 is 0 Å². The number of hydrogen-bond donors (Lipinski definition) is 2. The van der Waals surface area contributed by atoms with Gasteiger partial charge in [-0.2, -0.15) is 0 Å². The molecule has 0 amide bonds. The Labute approximate surface area is 112 Å². The van der Waals surface area contributed by atoms with E-state index in [4.69, 9.17) is 5.73 Å². The molecule has 19 heavy (non-hydrogen) atoms. The van der Waals surface area contributed by atoms with Crippen LogP contribution in [0.1, 0.15) is 23.1 Å². The zero-order valence-corrected chi connectivity index (χ0v) is 11.2. The van der Waals surface area contributed by atoms with E-state index in [1.165, 1.54) is 16.5 Å². The Balaban J connectivity index is 1.91. The standard InChI is InChI=1S/C15H18N4/c1-10-4-3-5-11-8-13(18-15(10)11)12(16)9-14-17-6-7-19(14)2/h3-8,12,18H,9,16H2,1-2H3. The minimum atomic E-state index is -0.0621. The van der Waals surface area contributed by atoms with Crippen molar-refractivity contribution in [2.45, 2.75) is 19.4 Å². The lowest BCUT2D eigenvalue weighted by atomic mass is 10.1. The zero-order chi connectivity index (χ0) is 13.4. The fraction of sp³-hybridized carbons (Fsp3) is 0.267. The number of benzene rings is 1. The Bertz CT molecular complexity index is 708. The molecule has 98 valence electrons. The molecule has 0 saturated carbocycles. The van der Waals surface area contributed by atoms with E-state index in [9.17, 15) is 0 Å². The predicted molar refractivity (Wildman–Crippen MR) is 76.9 cm³/mol. The highest BCUT2D eigenvalue weighted by Gasteiger charge is 2.13. The Hall–Kier alpha value is -2.07. The minimum absolute atomic E-state index is 0.0621. The van der Waals surface area contributed by atoms with Gasteiger partial charge in [0, 0.05) is 37.1 Å². The molecule has 4 heteroatoms. The number of imidazole rings is 1. The first-order valence-corrected chi connectivity index (χ1v) is 6.45. The van der Waals surface area contributed by atoms with Crippen molar-refractivity contribution in [3.63, 3.8) is 0 Å². The summed E-state index contributed by atoms with van der Waals surface area (Å²) in [6.07, 6.45) is 4.48. The summed E-state index contributed by atoms with van der Waals surface area (Å²) in [4.78, 5) is 7.76. The van der Waals surface area contributed by atoms with Gasteiger partial charge in [0.15, 0.2) is 0 Å². The minimum Gasteiger partial charge on any atom is -0.357 e. The molecule has 1 aromatic carbocycles. The first-order valence-electron chi connectivity index (χ1n) is 6.45. The highest BCUT2D eigenvalue weighted by molar-refractivity contribution is 5.83. The molecule has 1 atom stereocenters. The van der Waals surface area contributed by atoms with Gasteiger partial charge < -0.3 is 15.3 Å². The number of rotatable bonds is 3. The molecular formula is C15H18N4. The maximum atomic E-state index is 6.28. The van der Waals surface area contributed by atoms with E-state index in [2.05, 4.69) is 41.2 Å². The van der Waals surface area contributed by atoms with Crippen LogP contribution in [0.25, 0.3) is 10.9 Å². The SMILES string of the molecule is Cc1cccc2cc(C(N)Cc3nccn3C)[nH]c12. The molecular weight excluding hydrogens is 236 g/mol. The molecule has 0 fully saturated rings. The number of hydrogen-bond acceptors (Lipinski definition) is 2. The van der Waals surface area contributed by atoms with Crippen molar-refractivity contribution in [3.05, 3.63) is 53.7 Å². The average molecular weight is 254 g/mol. The van der Waals surface area contributed by atoms with Crippen LogP contribution in [0, 0.1) is 6.92 Å². The molecule has 0 aliphatic heterocycles. The van der Waals surface area contributed by atoms with E-state index in [0.717, 1.165) is 17.9 Å². The van der Waals surface area contributed by atoms with Crippen LogP contribution in [0.5, 0.6) is 0 Å². The highest BCUT2D eigenvalue weighted by Crippen LogP contribution is 2.23. The fourth-order valence-corrected chi connectivity index (χ4v) is 2.43. The fourth-order valence-electron chi connectivity index (χ4n) is 2.43. The third-order valence-corrected chi connectivity index (χ3v) is 3.61. The Kier molecular flexibility index (Phi) is 2.87. The van der Waals surface area contributed by atoms with Gasteiger partial charge in [-0.3, -0.25) is 0 Å². The van der Waals surface area contributed by atoms with Crippen molar-refractivity contribution in [2.75, 3.05) is 0 Å². The lowest BCUT2D eigenvalue weighted by Crippen LogP contribution is -2.16. The molecule has 3 N–H and O–H groups in total. The van der Waals surface area contributed by atoms with Crippen molar-refractivity contribution in [1.82, 2.24) is 14.5 Å². The number of nitrogens with two attached hydrogens (primary N) is 1. The Morgan fingerprint density at radius 2 is 2.26 bits per heavy atom. The van der Waals surface area contributed by atoms with Gasteiger partial charge in [-0.1, -0.05) is 18.2 Å². The molecule has 4 nitrogen and oxygen atoms in total. The molecule has 0 saturated heterocycles. The summed E-state index contributed by atoms with van der Waals surface area (Å²) in [5.74, 6) is 1.00. The van der Waals surface area contributed by atoms with Crippen LogP contribution in [0.15, 0.2) is 36.7 Å². The molecule has 3 aromatic rings. The van der Waals surface area contributed by atoms with Gasteiger partial charge in [-0.05, 0) is 23.9 Å². The lowest BCUT2D eigenvalue weighted by Gasteiger charge is -2.09. The summed E-state index contributed by atoms with van der Waals surface area (Å²) in [6, 6.07) is 8.35. The Morgan fingerprint density at radius 1 is 1.42 bits per heavy atom. The lowest BCUT2D eigenvalue weighted by molar-refractivity contribution is 0.648. The molecule has 0 spiro atoms. The van der Waals surface area contributed by atoms with Crippen molar-refractivity contribution in [3.8, 4) is 0 Å². The van der Waals surface area contributed by atoms with Crippen molar-refractivity contribution >= 4 is 10.9 Å². The monoisotopic (exact) mass is 254 g/mol. The summed E-state index contributed by atoms with van der Waals surface area (Å²) in [5.41, 5.74) is 9.76. The van der Waals surface area contributed by atoms with Gasteiger partial charge in [0.2, 0.25) is 0 Å². The van der Waals surface area contributed by atoms with Crippen LogP contribution in [0.3, 0.4) is 0 Å². The van der Waals surface area contributed by atoms with Gasteiger partial charge in [0.05, 0.1) is 6.04 Å². The van der Waals surface area contributed by atoms with Gasteiger partial charge >= 0.3 is 0 Å². The van der Waals surface area contributed by atoms with Crippen LogP contribution in [-0.2, 0) is 13.5 Å². The normalized spacial score (nSPS) is 13.0. The van der Waals surface area contributed by atoms with Crippen LogP contribution in [-0.4, -0.2) is 14.5 Å². The van der Waals surface area contributed by atoms with Crippen LogP contribution in [0.2, 0.25) is 0 Å². The number of aromatic amines is 1. The Morgan fingerprint density at radius 3 is 2.95 bits per heavy atom. The molecule has 2 aromatic heterocycles.